The van der Waals surface area contributed by atoms with Gasteiger partial charge in [0.15, 0.2) is 0 Å². The Morgan fingerprint density at radius 1 is 1.20 bits per heavy atom. The van der Waals surface area contributed by atoms with Gasteiger partial charge in [-0.25, -0.2) is 0 Å². The van der Waals surface area contributed by atoms with Gasteiger partial charge in [-0.1, -0.05) is 0 Å². The van der Waals surface area contributed by atoms with Gasteiger partial charge in [-0.05, 0) is 13.8 Å². The summed E-state index contributed by atoms with van der Waals surface area (Å²) in [4.78, 5) is 0. The monoisotopic (exact) mass is 160 g/mol. The summed E-state index contributed by atoms with van der Waals surface area (Å²) in [6.45, 7) is 5.97. The van der Waals surface area contributed by atoms with Crippen molar-refractivity contribution in [1.82, 2.24) is 0 Å². The summed E-state index contributed by atoms with van der Waals surface area (Å²) in [5, 5.41) is 9.07. The first-order valence-corrected chi connectivity index (χ1v) is 3.12. The van der Waals surface area contributed by atoms with Gasteiger partial charge < -0.3 is 14.6 Å². The summed E-state index contributed by atoms with van der Waals surface area (Å²) in [6, 6.07) is 0. The van der Waals surface area contributed by atoms with Crippen LogP contribution in [0.15, 0.2) is 0 Å². The van der Waals surface area contributed by atoms with Crippen LogP contribution in [0, 0.1) is 0 Å². The molecule has 10 heavy (non-hydrogen) atoms. The van der Waals surface area contributed by atoms with E-state index in [0.29, 0.717) is 13.2 Å². The van der Waals surface area contributed by atoms with Gasteiger partial charge in [0.25, 0.3) is 5.97 Å². The summed E-state index contributed by atoms with van der Waals surface area (Å²) < 4.78 is 9.61. The minimum Gasteiger partial charge on any atom is -0.344 e. The first kappa shape index (κ1) is 13.3. The van der Waals surface area contributed by atoms with Crippen molar-refractivity contribution in [3.8, 4) is 0 Å². The Morgan fingerprint density at radius 2 is 1.50 bits per heavy atom. The molecule has 0 saturated heterocycles. The molecule has 0 rings (SSSR count). The van der Waals surface area contributed by atoms with E-state index < -0.39 is 5.97 Å². The number of aliphatic hydroxyl groups is 1. The topological polar surface area (TPSA) is 38.7 Å². The van der Waals surface area contributed by atoms with E-state index in [-0.39, 0.29) is 23.1 Å². The van der Waals surface area contributed by atoms with Crippen LogP contribution in [-0.2, 0) is 9.47 Å². The van der Waals surface area contributed by atoms with E-state index in [1.807, 2.05) is 0 Å². The molecule has 0 aliphatic rings. The van der Waals surface area contributed by atoms with Crippen molar-refractivity contribution >= 4 is 23.1 Å². The molecule has 0 aromatic carbocycles. The number of hydrogen-bond donors (Lipinski definition) is 1. The van der Waals surface area contributed by atoms with Crippen molar-refractivity contribution < 1.29 is 14.6 Å². The lowest BCUT2D eigenvalue weighted by Gasteiger charge is -2.21. The quantitative estimate of drug-likeness (QED) is 0.458. The predicted octanol–water partition coefficient (Wildman–Crippen LogP) is -0.191. The van der Waals surface area contributed by atoms with Crippen LogP contribution in [0.1, 0.15) is 20.8 Å². The van der Waals surface area contributed by atoms with Crippen molar-refractivity contribution in [2.45, 2.75) is 26.7 Å². The molecule has 0 saturated carbocycles. The average Bonchev–Trinajstić information content (AvgIpc) is 1.64. The highest BCUT2D eigenvalue weighted by molar-refractivity contribution is 5.75. The minimum atomic E-state index is -1.40. The first-order valence-electron chi connectivity index (χ1n) is 3.12. The Labute approximate surface area is 77.9 Å². The van der Waals surface area contributed by atoms with Gasteiger partial charge in [0.2, 0.25) is 0 Å². The first-order chi connectivity index (χ1) is 4.12. The molecule has 0 radical (unpaired) electrons. The molecule has 0 unspecified atom stereocenters. The minimum absolute atomic E-state index is 0. The standard InChI is InChI=1S/C6H14O3.Mg.2H/c1-4-8-6(3,7)9-5-2;;;/h7H,4-5H2,1-3H3;;;. The summed E-state index contributed by atoms with van der Waals surface area (Å²) in [6.07, 6.45) is 0. The normalized spacial score (nSPS) is 10.8. The number of rotatable bonds is 4. The van der Waals surface area contributed by atoms with Gasteiger partial charge in [-0.2, -0.15) is 0 Å². The Kier molecular flexibility index (Phi) is 8.43. The molecule has 0 aromatic heterocycles. The lowest BCUT2D eigenvalue weighted by atomic mass is 10.6. The Morgan fingerprint density at radius 3 is 1.70 bits per heavy atom. The Hall–Kier alpha value is 0.646. The molecule has 4 heteroatoms. The maximum absolute atomic E-state index is 9.07. The van der Waals surface area contributed by atoms with Crippen molar-refractivity contribution in [3.05, 3.63) is 0 Å². The van der Waals surface area contributed by atoms with Gasteiger partial charge >= 0.3 is 23.1 Å². The van der Waals surface area contributed by atoms with E-state index in [2.05, 4.69) is 0 Å². The molecule has 0 aromatic rings. The third-order valence-corrected chi connectivity index (χ3v) is 0.824. The fourth-order valence-corrected chi connectivity index (χ4v) is 0.577. The van der Waals surface area contributed by atoms with Crippen LogP contribution >= 0.6 is 0 Å². The highest BCUT2D eigenvalue weighted by atomic mass is 24.3. The zero-order valence-electron chi connectivity index (χ0n) is 6.18. The second-order valence-electron chi connectivity index (χ2n) is 1.76. The molecule has 0 heterocycles. The summed E-state index contributed by atoms with van der Waals surface area (Å²) >= 11 is 0. The van der Waals surface area contributed by atoms with Gasteiger partial charge in [0, 0.05) is 20.1 Å². The third kappa shape index (κ3) is 6.76. The van der Waals surface area contributed by atoms with E-state index in [1.54, 1.807) is 13.8 Å². The van der Waals surface area contributed by atoms with Crippen LogP contribution in [0.3, 0.4) is 0 Å². The van der Waals surface area contributed by atoms with Crippen molar-refractivity contribution in [2.75, 3.05) is 13.2 Å². The molecule has 0 aliphatic carbocycles. The highest BCUT2D eigenvalue weighted by Gasteiger charge is 2.18. The van der Waals surface area contributed by atoms with Gasteiger partial charge in [0.1, 0.15) is 0 Å². The smallest absolute Gasteiger partial charge is 0.316 e. The fourth-order valence-electron chi connectivity index (χ4n) is 0.577. The molecule has 0 atom stereocenters. The molecular formula is C6H16MgO3. The van der Waals surface area contributed by atoms with Gasteiger partial charge in [0.05, 0.1) is 0 Å². The van der Waals surface area contributed by atoms with Crippen LogP contribution in [0.2, 0.25) is 0 Å². The second-order valence-corrected chi connectivity index (χ2v) is 1.76. The molecule has 60 valence electrons. The lowest BCUT2D eigenvalue weighted by molar-refractivity contribution is -0.345. The van der Waals surface area contributed by atoms with Crippen LogP contribution in [-0.4, -0.2) is 47.3 Å². The average molecular weight is 160 g/mol. The highest BCUT2D eigenvalue weighted by Crippen LogP contribution is 2.05. The zero-order valence-corrected chi connectivity index (χ0v) is 6.18. The van der Waals surface area contributed by atoms with E-state index in [0.717, 1.165) is 0 Å². The van der Waals surface area contributed by atoms with E-state index in [4.69, 9.17) is 14.6 Å². The third-order valence-electron chi connectivity index (χ3n) is 0.824. The molecule has 3 nitrogen and oxygen atoms in total. The van der Waals surface area contributed by atoms with Crippen molar-refractivity contribution in [1.29, 1.82) is 0 Å². The zero-order chi connectivity index (χ0) is 7.33. The molecule has 0 spiro atoms. The number of ether oxygens (including phenoxy) is 2. The van der Waals surface area contributed by atoms with Crippen molar-refractivity contribution in [3.63, 3.8) is 0 Å². The van der Waals surface area contributed by atoms with Crippen LogP contribution < -0.4 is 0 Å². The van der Waals surface area contributed by atoms with E-state index in [9.17, 15) is 0 Å². The molecule has 1 N–H and O–H groups in total. The second kappa shape index (κ2) is 6.36. The maximum atomic E-state index is 9.07. The predicted molar refractivity (Wildman–Crippen MR) is 42.4 cm³/mol. The summed E-state index contributed by atoms with van der Waals surface area (Å²) in [5.74, 6) is -1.40. The fraction of sp³-hybridized carbons (Fsp3) is 1.00. The Balaban J connectivity index is 0. The molecular weight excluding hydrogens is 144 g/mol. The molecule has 0 bridgehead atoms. The number of hydrogen-bond acceptors (Lipinski definition) is 3. The largest absolute Gasteiger partial charge is 0.344 e. The van der Waals surface area contributed by atoms with Crippen LogP contribution in [0.4, 0.5) is 0 Å². The van der Waals surface area contributed by atoms with Crippen LogP contribution in [0.5, 0.6) is 0 Å². The van der Waals surface area contributed by atoms with Crippen LogP contribution in [0.25, 0.3) is 0 Å². The van der Waals surface area contributed by atoms with Crippen molar-refractivity contribution in [2.24, 2.45) is 0 Å². The Bertz CT molecular complexity index is 67.4. The molecule has 0 fully saturated rings. The van der Waals surface area contributed by atoms with E-state index >= 15 is 0 Å². The van der Waals surface area contributed by atoms with E-state index in [1.165, 1.54) is 6.92 Å². The summed E-state index contributed by atoms with van der Waals surface area (Å²) in [7, 11) is 0. The molecule has 0 aliphatic heterocycles. The molecule has 0 amide bonds. The van der Waals surface area contributed by atoms with Gasteiger partial charge in [-0.15, -0.1) is 0 Å². The lowest BCUT2D eigenvalue weighted by Crippen LogP contribution is -2.31. The SMILES string of the molecule is CCOC(C)(O)OCC.[MgH2]. The maximum Gasteiger partial charge on any atom is 0.316 e. The van der Waals surface area contributed by atoms with Gasteiger partial charge in [-0.3, -0.25) is 0 Å². The summed E-state index contributed by atoms with van der Waals surface area (Å²) in [5.41, 5.74) is 0.